The van der Waals surface area contributed by atoms with Gasteiger partial charge in [0.25, 0.3) is 0 Å². The number of aryl methyl sites for hydroxylation is 1. The highest BCUT2D eigenvalue weighted by molar-refractivity contribution is 5.79. The number of nitrogens with one attached hydrogen (secondary N) is 1. The molecule has 2 unspecified atom stereocenters. The number of alkyl halides is 2. The Morgan fingerprint density at radius 3 is 2.75 bits per heavy atom. The van der Waals surface area contributed by atoms with E-state index in [4.69, 9.17) is 0 Å². The van der Waals surface area contributed by atoms with E-state index in [1.807, 2.05) is 0 Å². The second kappa shape index (κ2) is 5.44. The van der Waals surface area contributed by atoms with Gasteiger partial charge in [-0.3, -0.25) is 0 Å². The first-order valence-corrected chi connectivity index (χ1v) is 6.38. The molecule has 1 saturated heterocycles. The monoisotopic (exact) mass is 287 g/mol. The Kier molecular flexibility index (Phi) is 4.04. The van der Waals surface area contributed by atoms with Gasteiger partial charge in [0.1, 0.15) is 11.9 Å². The molecule has 110 valence electrons. The van der Waals surface area contributed by atoms with Crippen LogP contribution in [-0.2, 0) is 9.53 Å². The Morgan fingerprint density at radius 2 is 2.20 bits per heavy atom. The standard InChI is InChI=1S/C14H16F3NO2/c1-8-3-4-10(5-12(8)15)9(2)18-7-11-6-14(16,17)13(19)20-11/h3-5,9,11,18H,6-7H2,1-2H3. The van der Waals surface area contributed by atoms with Crippen molar-refractivity contribution >= 4 is 5.97 Å². The SMILES string of the molecule is Cc1ccc(C(C)NCC2CC(F)(F)C(=O)O2)cc1F. The normalized spacial score (nSPS) is 22.6. The largest absolute Gasteiger partial charge is 0.456 e. The number of hydrogen-bond acceptors (Lipinski definition) is 3. The molecular formula is C14H16F3NO2. The lowest BCUT2D eigenvalue weighted by Crippen LogP contribution is -2.29. The predicted octanol–water partition coefficient (Wildman–Crippen LogP) is 2.74. The Bertz CT molecular complexity index is 519. The van der Waals surface area contributed by atoms with Crippen molar-refractivity contribution in [3.05, 3.63) is 35.1 Å². The zero-order valence-corrected chi connectivity index (χ0v) is 11.3. The third kappa shape index (κ3) is 3.12. The molecule has 2 rings (SSSR count). The Morgan fingerprint density at radius 1 is 1.50 bits per heavy atom. The van der Waals surface area contributed by atoms with E-state index in [1.54, 1.807) is 26.0 Å². The zero-order valence-electron chi connectivity index (χ0n) is 11.3. The predicted molar refractivity (Wildman–Crippen MR) is 67.0 cm³/mol. The van der Waals surface area contributed by atoms with Gasteiger partial charge in [0, 0.05) is 12.6 Å². The van der Waals surface area contributed by atoms with Gasteiger partial charge >= 0.3 is 11.9 Å². The molecule has 0 bridgehead atoms. The minimum Gasteiger partial charge on any atom is -0.456 e. The van der Waals surface area contributed by atoms with Gasteiger partial charge in [-0.05, 0) is 31.0 Å². The van der Waals surface area contributed by atoms with Gasteiger partial charge in [0.15, 0.2) is 0 Å². The lowest BCUT2D eigenvalue weighted by Gasteiger charge is -2.17. The number of carbonyl (C=O) groups excluding carboxylic acids is 1. The van der Waals surface area contributed by atoms with Crippen LogP contribution in [0.4, 0.5) is 13.2 Å². The molecule has 1 aromatic rings. The maximum absolute atomic E-state index is 13.4. The number of carbonyl (C=O) groups is 1. The minimum atomic E-state index is -3.40. The van der Waals surface area contributed by atoms with E-state index in [2.05, 4.69) is 10.1 Å². The van der Waals surface area contributed by atoms with E-state index < -0.39 is 24.4 Å². The average molecular weight is 287 g/mol. The number of esters is 1. The van der Waals surface area contributed by atoms with Crippen LogP contribution < -0.4 is 5.32 Å². The fourth-order valence-electron chi connectivity index (χ4n) is 2.07. The number of rotatable bonds is 4. The average Bonchev–Trinajstić information content (AvgIpc) is 2.63. The number of hydrogen-bond donors (Lipinski definition) is 1. The van der Waals surface area contributed by atoms with Crippen LogP contribution in [0.25, 0.3) is 0 Å². The summed E-state index contributed by atoms with van der Waals surface area (Å²) in [5.41, 5.74) is 1.26. The second-order valence-corrected chi connectivity index (χ2v) is 5.07. The van der Waals surface area contributed by atoms with E-state index in [-0.39, 0.29) is 18.4 Å². The summed E-state index contributed by atoms with van der Waals surface area (Å²) in [7, 11) is 0. The zero-order chi connectivity index (χ0) is 14.9. The molecule has 1 aromatic carbocycles. The van der Waals surface area contributed by atoms with E-state index in [1.165, 1.54) is 6.07 Å². The fourth-order valence-corrected chi connectivity index (χ4v) is 2.07. The summed E-state index contributed by atoms with van der Waals surface area (Å²) in [5, 5.41) is 2.97. The van der Waals surface area contributed by atoms with Crippen LogP contribution in [0.15, 0.2) is 18.2 Å². The molecular weight excluding hydrogens is 271 g/mol. The van der Waals surface area contributed by atoms with Crippen LogP contribution in [0.3, 0.4) is 0 Å². The summed E-state index contributed by atoms with van der Waals surface area (Å²) >= 11 is 0. The first-order chi connectivity index (χ1) is 9.29. The highest BCUT2D eigenvalue weighted by Crippen LogP contribution is 2.30. The van der Waals surface area contributed by atoms with Crippen LogP contribution in [0.1, 0.15) is 30.5 Å². The number of ether oxygens (including phenoxy) is 1. The van der Waals surface area contributed by atoms with Crippen LogP contribution in [0.5, 0.6) is 0 Å². The second-order valence-electron chi connectivity index (χ2n) is 5.07. The lowest BCUT2D eigenvalue weighted by atomic mass is 10.1. The Labute approximate surface area is 115 Å². The van der Waals surface area contributed by atoms with E-state index in [9.17, 15) is 18.0 Å². The van der Waals surface area contributed by atoms with Crippen molar-refractivity contribution in [3.63, 3.8) is 0 Å². The van der Waals surface area contributed by atoms with Crippen molar-refractivity contribution in [2.24, 2.45) is 0 Å². The lowest BCUT2D eigenvalue weighted by molar-refractivity contribution is -0.159. The van der Waals surface area contributed by atoms with Crippen molar-refractivity contribution in [2.75, 3.05) is 6.54 Å². The summed E-state index contributed by atoms with van der Waals surface area (Å²) in [6, 6.07) is 4.61. The van der Waals surface area contributed by atoms with Crippen LogP contribution in [0, 0.1) is 12.7 Å². The minimum absolute atomic E-state index is 0.109. The smallest absolute Gasteiger partial charge is 0.377 e. The van der Waals surface area contributed by atoms with Gasteiger partial charge in [0.05, 0.1) is 6.42 Å². The van der Waals surface area contributed by atoms with Crippen molar-refractivity contribution in [1.82, 2.24) is 5.32 Å². The van der Waals surface area contributed by atoms with Crippen LogP contribution >= 0.6 is 0 Å². The molecule has 0 spiro atoms. The molecule has 3 nitrogen and oxygen atoms in total. The first kappa shape index (κ1) is 14.8. The van der Waals surface area contributed by atoms with Crippen molar-refractivity contribution in [2.45, 2.75) is 38.3 Å². The van der Waals surface area contributed by atoms with E-state index in [0.29, 0.717) is 11.1 Å². The van der Waals surface area contributed by atoms with Gasteiger partial charge in [0.2, 0.25) is 0 Å². The third-order valence-electron chi connectivity index (χ3n) is 3.40. The number of halogens is 3. The molecule has 20 heavy (non-hydrogen) atoms. The molecule has 1 fully saturated rings. The summed E-state index contributed by atoms with van der Waals surface area (Å²) in [4.78, 5) is 10.9. The maximum Gasteiger partial charge on any atom is 0.377 e. The third-order valence-corrected chi connectivity index (χ3v) is 3.40. The van der Waals surface area contributed by atoms with Crippen molar-refractivity contribution in [3.8, 4) is 0 Å². The highest BCUT2D eigenvalue weighted by atomic mass is 19.3. The number of benzene rings is 1. The Balaban J connectivity index is 1.91. The summed E-state index contributed by atoms with van der Waals surface area (Å²) in [6.07, 6.45) is -1.47. The fraction of sp³-hybridized carbons (Fsp3) is 0.500. The van der Waals surface area contributed by atoms with Gasteiger partial charge in [-0.25, -0.2) is 9.18 Å². The van der Waals surface area contributed by atoms with Gasteiger partial charge in [-0.15, -0.1) is 0 Å². The molecule has 0 aliphatic carbocycles. The summed E-state index contributed by atoms with van der Waals surface area (Å²) in [6.45, 7) is 3.56. The Hall–Kier alpha value is -1.56. The van der Waals surface area contributed by atoms with E-state index >= 15 is 0 Å². The maximum atomic E-state index is 13.4. The molecule has 6 heteroatoms. The molecule has 1 aliphatic heterocycles. The van der Waals surface area contributed by atoms with Gasteiger partial charge in [-0.1, -0.05) is 12.1 Å². The van der Waals surface area contributed by atoms with E-state index in [0.717, 1.165) is 0 Å². The van der Waals surface area contributed by atoms with Crippen LogP contribution in [-0.4, -0.2) is 24.5 Å². The summed E-state index contributed by atoms with van der Waals surface area (Å²) in [5.74, 6) is -5.18. The topological polar surface area (TPSA) is 38.3 Å². The highest BCUT2D eigenvalue weighted by Gasteiger charge is 2.50. The summed E-state index contributed by atoms with van der Waals surface area (Å²) < 4.78 is 44.0. The molecule has 0 radical (unpaired) electrons. The van der Waals surface area contributed by atoms with Gasteiger partial charge in [-0.2, -0.15) is 8.78 Å². The molecule has 0 amide bonds. The van der Waals surface area contributed by atoms with Crippen molar-refractivity contribution < 1.29 is 22.7 Å². The van der Waals surface area contributed by atoms with Crippen LogP contribution in [0.2, 0.25) is 0 Å². The molecule has 1 aliphatic rings. The van der Waals surface area contributed by atoms with Gasteiger partial charge < -0.3 is 10.1 Å². The van der Waals surface area contributed by atoms with Crippen molar-refractivity contribution in [1.29, 1.82) is 0 Å². The molecule has 0 aromatic heterocycles. The molecule has 0 saturated carbocycles. The number of cyclic esters (lactones) is 1. The quantitative estimate of drug-likeness (QED) is 0.865. The first-order valence-electron chi connectivity index (χ1n) is 6.38. The molecule has 1 N–H and O–H groups in total. The molecule has 1 heterocycles. The molecule has 2 atom stereocenters.